The van der Waals surface area contributed by atoms with Gasteiger partial charge in [0, 0.05) is 10.9 Å². The quantitative estimate of drug-likeness (QED) is 0.902. The van der Waals surface area contributed by atoms with E-state index in [0.717, 1.165) is 0 Å². The summed E-state index contributed by atoms with van der Waals surface area (Å²) in [4.78, 5) is 16.0. The minimum atomic E-state index is -0.0486. The zero-order chi connectivity index (χ0) is 13.9. The highest BCUT2D eigenvalue weighted by Crippen LogP contribution is 2.34. The summed E-state index contributed by atoms with van der Waals surface area (Å²) in [5.74, 6) is 0.286. The van der Waals surface area contributed by atoms with Crippen molar-refractivity contribution in [3.05, 3.63) is 22.4 Å². The van der Waals surface area contributed by atoms with Crippen molar-refractivity contribution in [1.82, 2.24) is 10.2 Å². The Morgan fingerprint density at radius 3 is 2.55 bits per heavy atom. The van der Waals surface area contributed by atoms with Gasteiger partial charge in [-0.1, -0.05) is 38.2 Å². The molecule has 0 spiro atoms. The summed E-state index contributed by atoms with van der Waals surface area (Å²) in [5, 5.41) is 5.57. The molecule has 2 fully saturated rings. The maximum absolute atomic E-state index is 12.6. The van der Waals surface area contributed by atoms with E-state index in [4.69, 9.17) is 0 Å². The van der Waals surface area contributed by atoms with Gasteiger partial charge in [0.25, 0.3) is 0 Å². The van der Waals surface area contributed by atoms with E-state index in [1.807, 2.05) is 6.92 Å². The van der Waals surface area contributed by atoms with E-state index < -0.39 is 0 Å². The van der Waals surface area contributed by atoms with Crippen LogP contribution in [-0.4, -0.2) is 22.9 Å². The van der Waals surface area contributed by atoms with Crippen molar-refractivity contribution in [2.45, 2.75) is 70.1 Å². The van der Waals surface area contributed by atoms with Crippen molar-refractivity contribution in [2.75, 3.05) is 0 Å². The first-order chi connectivity index (χ1) is 9.77. The molecule has 0 bridgehead atoms. The summed E-state index contributed by atoms with van der Waals surface area (Å²) < 4.78 is 0. The third kappa shape index (κ3) is 2.77. The number of nitrogens with zero attached hydrogens (tertiary/aromatic N) is 1. The Morgan fingerprint density at radius 1 is 1.20 bits per heavy atom. The van der Waals surface area contributed by atoms with Crippen LogP contribution >= 0.6 is 11.3 Å². The van der Waals surface area contributed by atoms with Gasteiger partial charge in [0.05, 0.1) is 6.04 Å². The van der Waals surface area contributed by atoms with Crippen LogP contribution in [0.2, 0.25) is 0 Å². The first-order valence-electron chi connectivity index (χ1n) is 7.89. The van der Waals surface area contributed by atoms with Crippen LogP contribution in [0.25, 0.3) is 0 Å². The van der Waals surface area contributed by atoms with Gasteiger partial charge in [-0.05, 0) is 31.2 Å². The van der Waals surface area contributed by atoms with Crippen LogP contribution in [0.4, 0.5) is 0 Å². The van der Waals surface area contributed by atoms with E-state index in [1.165, 1.54) is 49.8 Å². The largest absolute Gasteiger partial charge is 0.318 e. The first kappa shape index (κ1) is 14.1. The number of carbonyl (C=O) groups is 1. The van der Waals surface area contributed by atoms with Crippen LogP contribution in [-0.2, 0) is 4.79 Å². The average molecular weight is 292 g/mol. The summed E-state index contributed by atoms with van der Waals surface area (Å²) in [7, 11) is 0. The summed E-state index contributed by atoms with van der Waals surface area (Å²) in [5.41, 5.74) is 0. The number of hydrogen-bond donors (Lipinski definition) is 1. The van der Waals surface area contributed by atoms with E-state index in [2.05, 4.69) is 27.7 Å². The third-order valence-corrected chi connectivity index (χ3v) is 5.52. The monoisotopic (exact) mass is 292 g/mol. The zero-order valence-electron chi connectivity index (χ0n) is 12.2. The highest BCUT2D eigenvalue weighted by Gasteiger charge is 2.41. The minimum absolute atomic E-state index is 0.0486. The molecule has 0 aromatic carbocycles. The van der Waals surface area contributed by atoms with Crippen molar-refractivity contribution < 1.29 is 4.79 Å². The van der Waals surface area contributed by atoms with Crippen molar-refractivity contribution in [3.63, 3.8) is 0 Å². The molecule has 2 unspecified atom stereocenters. The van der Waals surface area contributed by atoms with E-state index >= 15 is 0 Å². The van der Waals surface area contributed by atoms with Gasteiger partial charge in [0.1, 0.15) is 6.17 Å². The molecule has 110 valence electrons. The van der Waals surface area contributed by atoms with Crippen LogP contribution in [0.1, 0.15) is 62.9 Å². The van der Waals surface area contributed by atoms with Crippen LogP contribution in [0.5, 0.6) is 0 Å². The highest BCUT2D eigenvalue weighted by atomic mass is 32.1. The molecule has 1 saturated heterocycles. The Hall–Kier alpha value is -0.870. The van der Waals surface area contributed by atoms with Crippen LogP contribution in [0, 0.1) is 0 Å². The van der Waals surface area contributed by atoms with Gasteiger partial charge in [-0.2, -0.15) is 0 Å². The lowest BCUT2D eigenvalue weighted by molar-refractivity contribution is -0.132. The number of thiophene rings is 1. The molecule has 4 heteroatoms. The molecule has 3 rings (SSSR count). The normalized spacial score (nSPS) is 29.4. The Morgan fingerprint density at radius 2 is 1.90 bits per heavy atom. The molecule has 1 aliphatic heterocycles. The van der Waals surface area contributed by atoms with Crippen molar-refractivity contribution >= 4 is 17.2 Å². The molecule has 1 aromatic rings. The molecule has 2 aliphatic rings. The van der Waals surface area contributed by atoms with Gasteiger partial charge in [0.2, 0.25) is 5.91 Å². The SMILES string of the molecule is CC1NC(c2cccs2)N(C2CCCCCCC2)C1=O. The standard InChI is InChI=1S/C16H24N2OS/c1-12-16(19)18(13-8-5-3-2-4-6-9-13)15(17-12)14-10-7-11-20-14/h7,10-13,15,17H,2-6,8-9H2,1H3. The molecule has 1 saturated carbocycles. The molecule has 20 heavy (non-hydrogen) atoms. The predicted molar refractivity (Wildman–Crippen MR) is 82.6 cm³/mol. The molecule has 1 N–H and O–H groups in total. The van der Waals surface area contributed by atoms with Crippen molar-refractivity contribution in [2.24, 2.45) is 0 Å². The summed E-state index contributed by atoms with van der Waals surface area (Å²) in [6.45, 7) is 1.99. The summed E-state index contributed by atoms with van der Waals surface area (Å²) in [6, 6.07) is 4.59. The maximum Gasteiger partial charge on any atom is 0.241 e. The van der Waals surface area contributed by atoms with Gasteiger partial charge in [-0.15, -0.1) is 11.3 Å². The molecular formula is C16H24N2OS. The number of hydrogen-bond acceptors (Lipinski definition) is 3. The average Bonchev–Trinajstić information content (AvgIpc) is 3.00. The zero-order valence-corrected chi connectivity index (χ0v) is 13.0. The molecule has 0 radical (unpaired) electrons. The number of rotatable bonds is 2. The van der Waals surface area contributed by atoms with E-state index in [1.54, 1.807) is 11.3 Å². The second kappa shape index (κ2) is 6.27. The minimum Gasteiger partial charge on any atom is -0.318 e. The number of amides is 1. The van der Waals surface area contributed by atoms with E-state index in [9.17, 15) is 4.79 Å². The summed E-state index contributed by atoms with van der Waals surface area (Å²) in [6.07, 6.45) is 8.98. The van der Waals surface area contributed by atoms with Crippen LogP contribution < -0.4 is 5.32 Å². The smallest absolute Gasteiger partial charge is 0.241 e. The van der Waals surface area contributed by atoms with E-state index in [-0.39, 0.29) is 18.1 Å². The lowest BCUT2D eigenvalue weighted by Gasteiger charge is -2.33. The van der Waals surface area contributed by atoms with Gasteiger partial charge >= 0.3 is 0 Å². The highest BCUT2D eigenvalue weighted by molar-refractivity contribution is 7.10. The topological polar surface area (TPSA) is 32.3 Å². The van der Waals surface area contributed by atoms with Gasteiger partial charge in [-0.3, -0.25) is 10.1 Å². The molecule has 1 aromatic heterocycles. The van der Waals surface area contributed by atoms with E-state index in [0.29, 0.717) is 6.04 Å². The lowest BCUT2D eigenvalue weighted by Crippen LogP contribution is -2.40. The molecule has 3 nitrogen and oxygen atoms in total. The fraction of sp³-hybridized carbons (Fsp3) is 0.688. The molecule has 1 aliphatic carbocycles. The molecule has 2 heterocycles. The van der Waals surface area contributed by atoms with Gasteiger partial charge in [-0.25, -0.2) is 0 Å². The second-order valence-electron chi connectivity index (χ2n) is 6.05. The van der Waals surface area contributed by atoms with Crippen molar-refractivity contribution in [3.8, 4) is 0 Å². The predicted octanol–water partition coefficient (Wildman–Crippen LogP) is 3.68. The Kier molecular flexibility index (Phi) is 4.41. The Bertz CT molecular complexity index is 437. The molecular weight excluding hydrogens is 268 g/mol. The molecule has 2 atom stereocenters. The fourth-order valence-electron chi connectivity index (χ4n) is 3.51. The third-order valence-electron chi connectivity index (χ3n) is 4.59. The summed E-state index contributed by atoms with van der Waals surface area (Å²) >= 11 is 1.74. The maximum atomic E-state index is 12.6. The Labute approximate surface area is 125 Å². The molecule has 1 amide bonds. The van der Waals surface area contributed by atoms with Crippen LogP contribution in [0.15, 0.2) is 17.5 Å². The van der Waals surface area contributed by atoms with Crippen molar-refractivity contribution in [1.29, 1.82) is 0 Å². The Balaban J connectivity index is 1.81. The van der Waals surface area contributed by atoms with Crippen LogP contribution in [0.3, 0.4) is 0 Å². The fourth-order valence-corrected chi connectivity index (χ4v) is 4.29. The second-order valence-corrected chi connectivity index (χ2v) is 7.03. The number of nitrogens with one attached hydrogen (secondary N) is 1. The number of carbonyl (C=O) groups excluding carboxylic acids is 1. The van der Waals surface area contributed by atoms with Gasteiger partial charge in [0.15, 0.2) is 0 Å². The first-order valence-corrected chi connectivity index (χ1v) is 8.77. The van der Waals surface area contributed by atoms with Gasteiger partial charge < -0.3 is 4.90 Å². The lowest BCUT2D eigenvalue weighted by atomic mass is 9.95.